The van der Waals surface area contributed by atoms with Crippen molar-refractivity contribution in [3.05, 3.63) is 72.9 Å². The molecule has 29 heavy (non-hydrogen) atoms. The summed E-state index contributed by atoms with van der Waals surface area (Å²) in [6.45, 7) is 16.3. The first-order chi connectivity index (χ1) is 13.9. The maximum atomic E-state index is 11.3. The number of hydrogen-bond acceptors (Lipinski definition) is 4. The van der Waals surface area contributed by atoms with Gasteiger partial charge in [0, 0.05) is 13.5 Å². The van der Waals surface area contributed by atoms with E-state index >= 15 is 0 Å². The first-order valence-corrected chi connectivity index (χ1v) is 9.85. The van der Waals surface area contributed by atoms with Crippen molar-refractivity contribution in [3.8, 4) is 0 Å². The molecule has 0 aromatic rings. The van der Waals surface area contributed by atoms with Gasteiger partial charge in [-0.05, 0) is 44.8 Å². The van der Waals surface area contributed by atoms with Gasteiger partial charge in [-0.2, -0.15) is 0 Å². The van der Waals surface area contributed by atoms with Crippen molar-refractivity contribution in [2.75, 3.05) is 19.8 Å². The van der Waals surface area contributed by atoms with Gasteiger partial charge in [0.2, 0.25) is 5.91 Å². The van der Waals surface area contributed by atoms with E-state index in [1.807, 2.05) is 45.1 Å². The lowest BCUT2D eigenvalue weighted by molar-refractivity contribution is -0.126. The molecule has 1 heterocycles. The number of carbonyl (C=O) groups is 2. The van der Waals surface area contributed by atoms with E-state index in [0.29, 0.717) is 6.42 Å². The normalized spacial score (nSPS) is 17.3. The summed E-state index contributed by atoms with van der Waals surface area (Å²) < 4.78 is 10.2. The van der Waals surface area contributed by atoms with Gasteiger partial charge < -0.3 is 9.47 Å². The van der Waals surface area contributed by atoms with Crippen LogP contribution in [-0.2, 0) is 14.3 Å². The van der Waals surface area contributed by atoms with Gasteiger partial charge >= 0.3 is 6.09 Å². The number of nitrogens with zero attached hydrogens (tertiary/aromatic N) is 1. The Hall–Kier alpha value is -2.66. The molecule has 5 heteroatoms. The zero-order valence-electron chi connectivity index (χ0n) is 18.2. The van der Waals surface area contributed by atoms with Gasteiger partial charge in [-0.1, -0.05) is 61.8 Å². The van der Waals surface area contributed by atoms with Crippen LogP contribution < -0.4 is 0 Å². The van der Waals surface area contributed by atoms with E-state index in [2.05, 4.69) is 25.3 Å². The highest BCUT2D eigenvalue weighted by Gasteiger charge is 2.35. The zero-order valence-corrected chi connectivity index (χ0v) is 18.2. The molecule has 0 N–H and O–H groups in total. The van der Waals surface area contributed by atoms with Crippen LogP contribution >= 0.6 is 0 Å². The molecular formula is C24H35NO4. The van der Waals surface area contributed by atoms with Gasteiger partial charge in [-0.3, -0.25) is 4.79 Å². The van der Waals surface area contributed by atoms with Crippen molar-refractivity contribution in [1.29, 1.82) is 0 Å². The molecule has 5 nitrogen and oxygen atoms in total. The Kier molecular flexibility index (Phi) is 14.8. The van der Waals surface area contributed by atoms with Gasteiger partial charge in [0.05, 0.1) is 12.6 Å². The number of imide groups is 1. The smallest absolute Gasteiger partial charge is 0.416 e. The van der Waals surface area contributed by atoms with Crippen LogP contribution in [0.4, 0.5) is 4.79 Å². The third-order valence-corrected chi connectivity index (χ3v) is 4.04. The minimum Gasteiger partial charge on any atom is -0.447 e. The number of amides is 2. The number of ether oxygens (including phenoxy) is 2. The molecule has 1 atom stereocenters. The number of hydrogen-bond donors (Lipinski definition) is 0. The van der Waals surface area contributed by atoms with E-state index in [1.54, 1.807) is 12.2 Å². The largest absolute Gasteiger partial charge is 0.447 e. The van der Waals surface area contributed by atoms with Crippen LogP contribution in [0, 0.1) is 0 Å². The fraction of sp³-hybridized carbons (Fsp3) is 0.417. The molecule has 1 saturated heterocycles. The fourth-order valence-corrected chi connectivity index (χ4v) is 2.63. The van der Waals surface area contributed by atoms with Crippen LogP contribution in [0.5, 0.6) is 0 Å². The molecular weight excluding hydrogens is 366 g/mol. The lowest BCUT2D eigenvalue weighted by Crippen LogP contribution is -2.37. The van der Waals surface area contributed by atoms with E-state index in [1.165, 1.54) is 17.4 Å². The predicted molar refractivity (Wildman–Crippen MR) is 120 cm³/mol. The summed E-state index contributed by atoms with van der Waals surface area (Å²) in [6.07, 6.45) is 16.3. The fourth-order valence-electron chi connectivity index (χ4n) is 2.63. The Bertz CT molecular complexity index is 656. The summed E-state index contributed by atoms with van der Waals surface area (Å²) in [5.41, 5.74) is 2.33. The molecule has 0 aromatic carbocycles. The van der Waals surface area contributed by atoms with Crippen molar-refractivity contribution in [1.82, 2.24) is 4.90 Å². The third kappa shape index (κ3) is 11.1. The minimum absolute atomic E-state index is 0.220. The van der Waals surface area contributed by atoms with Crippen LogP contribution in [0.25, 0.3) is 0 Å². The Morgan fingerprint density at radius 1 is 1.31 bits per heavy atom. The highest BCUT2D eigenvalue weighted by atomic mass is 16.6. The van der Waals surface area contributed by atoms with Gasteiger partial charge in [-0.25, -0.2) is 9.69 Å². The Labute approximate surface area is 175 Å². The topological polar surface area (TPSA) is 55.8 Å². The summed E-state index contributed by atoms with van der Waals surface area (Å²) in [5.74, 6) is -0.282. The van der Waals surface area contributed by atoms with E-state index < -0.39 is 6.09 Å². The van der Waals surface area contributed by atoms with Crippen LogP contribution in [0.3, 0.4) is 0 Å². The Morgan fingerprint density at radius 2 is 2.03 bits per heavy atom. The molecule has 0 aliphatic carbocycles. The highest BCUT2D eigenvalue weighted by Crippen LogP contribution is 2.20. The van der Waals surface area contributed by atoms with Gasteiger partial charge in [0.25, 0.3) is 0 Å². The van der Waals surface area contributed by atoms with Crippen LogP contribution in [0.1, 0.15) is 40.5 Å². The third-order valence-electron chi connectivity index (χ3n) is 4.04. The number of rotatable bonds is 10. The lowest BCUT2D eigenvalue weighted by atomic mass is 10.1. The summed E-state index contributed by atoms with van der Waals surface area (Å²) in [7, 11) is 0. The first-order valence-electron chi connectivity index (χ1n) is 9.85. The van der Waals surface area contributed by atoms with Crippen molar-refractivity contribution < 1.29 is 19.1 Å². The number of allylic oxidation sites excluding steroid dienone is 8. The maximum absolute atomic E-state index is 11.3. The molecule has 0 aromatic heterocycles. The molecule has 0 saturated carbocycles. The summed E-state index contributed by atoms with van der Waals surface area (Å²) >= 11 is 0. The molecule has 0 spiro atoms. The standard InChI is InChI=1S/C13H17NO3.C11H18O/c1-4-6-11(7-5-2)8-12-9-17-13(16)14(12)10(3)15;1-4-7-8-9-11(5-2)10-12-6-3/h4-7,12H,1,8-9H2,2-3H3;4-5,7-8H,1,6,9-10H2,2-3H3/b7-5-,11-6+;8-7-,11-5+/t12-;/m0./s1. The van der Waals surface area contributed by atoms with E-state index in [-0.39, 0.29) is 18.6 Å². The van der Waals surface area contributed by atoms with Crippen LogP contribution in [0.15, 0.2) is 72.9 Å². The second-order valence-electron chi connectivity index (χ2n) is 6.25. The first kappa shape index (κ1) is 26.3. The molecule has 0 radical (unpaired) electrons. The quantitative estimate of drug-likeness (QED) is 0.356. The molecule has 160 valence electrons. The van der Waals surface area contributed by atoms with Crippen molar-refractivity contribution >= 4 is 12.0 Å². The predicted octanol–water partition coefficient (Wildman–Crippen LogP) is 5.53. The molecule has 1 aliphatic heterocycles. The van der Waals surface area contributed by atoms with Gasteiger partial charge in [0.1, 0.15) is 6.61 Å². The molecule has 1 fully saturated rings. The minimum atomic E-state index is -0.555. The van der Waals surface area contributed by atoms with Crippen molar-refractivity contribution in [2.45, 2.75) is 46.6 Å². The van der Waals surface area contributed by atoms with Gasteiger partial charge in [-0.15, -0.1) is 0 Å². The SMILES string of the molecule is C=C/C=C(\C=C/C)C[C@H]1COC(=O)N1C(C)=O.C=C/C=C\C/C(=C\C)COCC. The molecule has 0 unspecified atom stereocenters. The number of carbonyl (C=O) groups excluding carboxylic acids is 2. The average Bonchev–Trinajstić information content (AvgIpc) is 3.06. The Balaban J connectivity index is 0.000000578. The second-order valence-corrected chi connectivity index (χ2v) is 6.25. The van der Waals surface area contributed by atoms with Gasteiger partial charge in [0.15, 0.2) is 0 Å². The maximum Gasteiger partial charge on any atom is 0.416 e. The van der Waals surface area contributed by atoms with E-state index in [0.717, 1.165) is 25.2 Å². The zero-order chi connectivity index (χ0) is 22.1. The van der Waals surface area contributed by atoms with Crippen LogP contribution in [-0.4, -0.2) is 42.8 Å². The van der Waals surface area contributed by atoms with Crippen molar-refractivity contribution in [2.24, 2.45) is 0 Å². The Morgan fingerprint density at radius 3 is 2.55 bits per heavy atom. The summed E-state index contributed by atoms with van der Waals surface area (Å²) in [4.78, 5) is 23.8. The van der Waals surface area contributed by atoms with Crippen molar-refractivity contribution in [3.63, 3.8) is 0 Å². The summed E-state index contributed by atoms with van der Waals surface area (Å²) in [6, 6.07) is -0.220. The number of cyclic esters (lactones) is 1. The van der Waals surface area contributed by atoms with Crippen LogP contribution in [0.2, 0.25) is 0 Å². The molecule has 1 rings (SSSR count). The second kappa shape index (κ2) is 16.3. The van der Waals surface area contributed by atoms with E-state index in [9.17, 15) is 9.59 Å². The average molecular weight is 402 g/mol. The summed E-state index contributed by atoms with van der Waals surface area (Å²) in [5, 5.41) is 0. The lowest BCUT2D eigenvalue weighted by Gasteiger charge is -2.17. The molecule has 1 aliphatic rings. The molecule has 2 amide bonds. The van der Waals surface area contributed by atoms with E-state index in [4.69, 9.17) is 9.47 Å². The monoisotopic (exact) mass is 401 g/mol. The molecule has 0 bridgehead atoms. The highest BCUT2D eigenvalue weighted by molar-refractivity contribution is 5.92.